The highest BCUT2D eigenvalue weighted by atomic mass is 32.2. The van der Waals surface area contributed by atoms with Crippen molar-refractivity contribution >= 4 is 17.7 Å². The largest absolute Gasteiger partial charge is 0.392 e. The lowest BCUT2D eigenvalue weighted by Crippen LogP contribution is -2.31. The molecule has 2 aromatic heterocycles. The van der Waals surface area contributed by atoms with Crippen molar-refractivity contribution in [2.45, 2.75) is 43.2 Å². The van der Waals surface area contributed by atoms with Gasteiger partial charge in [0.1, 0.15) is 6.33 Å². The van der Waals surface area contributed by atoms with Gasteiger partial charge in [0, 0.05) is 43.7 Å². The summed E-state index contributed by atoms with van der Waals surface area (Å²) < 4.78 is 14.7. The van der Waals surface area contributed by atoms with Crippen LogP contribution >= 0.6 is 11.8 Å². The first-order valence-electron chi connectivity index (χ1n) is 12.3. The monoisotopic (exact) mass is 531 g/mol. The zero-order chi connectivity index (χ0) is 26.3. The Hall–Kier alpha value is -3.57. The minimum absolute atomic E-state index is 0.00352. The Morgan fingerprint density at radius 3 is 2.53 bits per heavy atom. The number of carbonyl (C=O) groups excluding carboxylic acids is 1. The van der Waals surface area contributed by atoms with Crippen LogP contribution in [-0.2, 0) is 29.7 Å². The Morgan fingerprint density at radius 1 is 1.08 bits per heavy atom. The molecule has 1 saturated heterocycles. The van der Waals surface area contributed by atoms with Crippen molar-refractivity contribution in [1.82, 2.24) is 25.1 Å². The molecule has 0 radical (unpaired) electrons. The van der Waals surface area contributed by atoms with E-state index in [2.05, 4.69) is 20.5 Å². The van der Waals surface area contributed by atoms with E-state index >= 15 is 0 Å². The summed E-state index contributed by atoms with van der Waals surface area (Å²) in [5, 5.41) is 21.3. The number of rotatable bonds is 9. The van der Waals surface area contributed by atoms with E-state index in [1.165, 1.54) is 0 Å². The normalized spacial score (nSPS) is 19.3. The second kappa shape index (κ2) is 12.3. The first-order valence-corrected chi connectivity index (χ1v) is 13.3. The first kappa shape index (κ1) is 26.1. The van der Waals surface area contributed by atoms with Crippen LogP contribution in [0.1, 0.15) is 51.4 Å². The van der Waals surface area contributed by atoms with E-state index < -0.39 is 6.29 Å². The molecule has 196 valence electrons. The molecule has 2 N–H and O–H groups in total. The number of benzene rings is 2. The van der Waals surface area contributed by atoms with Crippen LogP contribution in [0.15, 0.2) is 84.5 Å². The number of aliphatic hydroxyl groups excluding tert-OH is 1. The van der Waals surface area contributed by atoms with Gasteiger partial charge in [-0.2, -0.15) is 0 Å². The predicted molar refractivity (Wildman–Crippen MR) is 142 cm³/mol. The molecule has 9 nitrogen and oxygen atoms in total. The SMILES string of the molecule is Cn1cnnc1SC[C@H]1C[C@@H](c2ccc(CO)cc2)O[C@@H](c2ccc(CNC(=O)c3cccnc3)cc2)O1. The molecule has 1 fully saturated rings. The molecular formula is C28H29N5O4S. The maximum Gasteiger partial charge on any atom is 0.253 e. The minimum Gasteiger partial charge on any atom is -0.392 e. The lowest BCUT2D eigenvalue weighted by molar-refractivity contribution is -0.245. The summed E-state index contributed by atoms with van der Waals surface area (Å²) in [4.78, 5) is 16.3. The lowest BCUT2D eigenvalue weighted by atomic mass is 10.0. The third-order valence-electron chi connectivity index (χ3n) is 6.31. The molecule has 2 aromatic carbocycles. The van der Waals surface area contributed by atoms with Crippen LogP contribution in [0.5, 0.6) is 0 Å². The van der Waals surface area contributed by atoms with Crippen molar-refractivity contribution in [3.8, 4) is 0 Å². The zero-order valence-electron chi connectivity index (χ0n) is 20.9. The number of thioether (sulfide) groups is 1. The van der Waals surface area contributed by atoms with E-state index in [1.54, 1.807) is 42.6 Å². The number of nitrogens with zero attached hydrogens (tertiary/aromatic N) is 4. The van der Waals surface area contributed by atoms with Gasteiger partial charge in [0.2, 0.25) is 0 Å². The maximum atomic E-state index is 12.3. The lowest BCUT2D eigenvalue weighted by Gasteiger charge is -2.36. The quantitative estimate of drug-likeness (QED) is 0.312. The molecule has 0 bridgehead atoms. The van der Waals surface area contributed by atoms with Gasteiger partial charge in [-0.05, 0) is 28.8 Å². The van der Waals surface area contributed by atoms with Crippen molar-refractivity contribution < 1.29 is 19.4 Å². The van der Waals surface area contributed by atoms with Crippen molar-refractivity contribution in [3.05, 3.63) is 107 Å². The van der Waals surface area contributed by atoms with Crippen molar-refractivity contribution in [3.63, 3.8) is 0 Å². The van der Waals surface area contributed by atoms with Crippen LogP contribution in [0.2, 0.25) is 0 Å². The van der Waals surface area contributed by atoms with Gasteiger partial charge in [0.05, 0.1) is 24.4 Å². The van der Waals surface area contributed by atoms with E-state index in [1.807, 2.05) is 60.1 Å². The summed E-state index contributed by atoms with van der Waals surface area (Å²) in [5.41, 5.74) is 4.29. The van der Waals surface area contributed by atoms with Gasteiger partial charge in [-0.15, -0.1) is 10.2 Å². The molecule has 3 atom stereocenters. The van der Waals surface area contributed by atoms with Crippen LogP contribution in [0.25, 0.3) is 0 Å². The number of aryl methyl sites for hydroxylation is 1. The van der Waals surface area contributed by atoms with Gasteiger partial charge in [-0.1, -0.05) is 60.3 Å². The Labute approximate surface area is 225 Å². The van der Waals surface area contributed by atoms with Crippen LogP contribution in [-0.4, -0.2) is 42.6 Å². The van der Waals surface area contributed by atoms with E-state index in [0.717, 1.165) is 27.4 Å². The van der Waals surface area contributed by atoms with Crippen molar-refractivity contribution in [2.24, 2.45) is 7.05 Å². The molecule has 38 heavy (non-hydrogen) atoms. The first-order chi connectivity index (χ1) is 18.6. The fourth-order valence-electron chi connectivity index (χ4n) is 4.17. The standard InChI is InChI=1S/C28H29N5O4S/c1-33-18-31-32-28(33)38-17-24-13-25(21-8-6-20(16-34)7-9-21)37-27(36-24)22-10-4-19(5-11-22)14-30-26(35)23-3-2-12-29-15-23/h2-12,15,18,24-25,27,34H,13-14,16-17H2,1H3,(H,30,35)/t24-,25+,27+/m1/s1. The number of hydrogen-bond donors (Lipinski definition) is 2. The van der Waals surface area contributed by atoms with Gasteiger partial charge in [0.25, 0.3) is 5.91 Å². The summed E-state index contributed by atoms with van der Waals surface area (Å²) in [6.07, 6.45) is 4.78. The van der Waals surface area contributed by atoms with E-state index in [0.29, 0.717) is 24.3 Å². The second-order valence-corrected chi connectivity index (χ2v) is 10.0. The summed E-state index contributed by atoms with van der Waals surface area (Å²) in [5.74, 6) is 0.537. The Morgan fingerprint density at radius 2 is 1.84 bits per heavy atom. The summed E-state index contributed by atoms with van der Waals surface area (Å²) >= 11 is 1.60. The highest BCUT2D eigenvalue weighted by Crippen LogP contribution is 2.39. The van der Waals surface area contributed by atoms with E-state index in [4.69, 9.17) is 9.47 Å². The van der Waals surface area contributed by atoms with Crippen LogP contribution in [0, 0.1) is 0 Å². The number of pyridine rings is 1. The Kier molecular flexibility index (Phi) is 8.44. The van der Waals surface area contributed by atoms with Gasteiger partial charge in [0.15, 0.2) is 11.4 Å². The van der Waals surface area contributed by atoms with Crippen molar-refractivity contribution in [1.29, 1.82) is 0 Å². The summed E-state index contributed by atoms with van der Waals surface area (Å²) in [6.45, 7) is 0.404. The number of amides is 1. The topological polar surface area (TPSA) is 111 Å². The van der Waals surface area contributed by atoms with Crippen LogP contribution in [0.4, 0.5) is 0 Å². The van der Waals surface area contributed by atoms with E-state index in [9.17, 15) is 9.90 Å². The predicted octanol–water partition coefficient (Wildman–Crippen LogP) is 3.97. The number of carbonyl (C=O) groups is 1. The van der Waals surface area contributed by atoms with Crippen LogP contribution < -0.4 is 5.32 Å². The van der Waals surface area contributed by atoms with Crippen molar-refractivity contribution in [2.75, 3.05) is 5.75 Å². The molecule has 10 heteroatoms. The molecule has 1 amide bonds. The molecule has 0 saturated carbocycles. The van der Waals surface area contributed by atoms with Crippen LogP contribution in [0.3, 0.4) is 0 Å². The molecule has 0 unspecified atom stereocenters. The van der Waals surface area contributed by atoms with Gasteiger partial charge in [-0.3, -0.25) is 9.78 Å². The van der Waals surface area contributed by atoms with Gasteiger partial charge >= 0.3 is 0 Å². The minimum atomic E-state index is -0.546. The molecular weight excluding hydrogens is 502 g/mol. The maximum absolute atomic E-state index is 12.3. The van der Waals surface area contributed by atoms with Gasteiger partial charge in [-0.25, -0.2) is 0 Å². The fraction of sp³-hybridized carbons (Fsp3) is 0.286. The molecule has 0 aliphatic carbocycles. The van der Waals surface area contributed by atoms with Gasteiger partial charge < -0.3 is 24.5 Å². The van der Waals surface area contributed by atoms with E-state index in [-0.39, 0.29) is 24.7 Å². The number of aliphatic hydroxyl groups is 1. The summed E-state index contributed by atoms with van der Waals surface area (Å²) in [7, 11) is 1.92. The number of ether oxygens (including phenoxy) is 2. The highest BCUT2D eigenvalue weighted by Gasteiger charge is 2.32. The summed E-state index contributed by atoms with van der Waals surface area (Å²) in [6, 6.07) is 19.2. The zero-order valence-corrected chi connectivity index (χ0v) is 21.8. The molecule has 1 aliphatic heterocycles. The molecule has 0 spiro atoms. The average molecular weight is 532 g/mol. The fourth-order valence-corrected chi connectivity index (χ4v) is 5.07. The number of hydrogen-bond acceptors (Lipinski definition) is 8. The third kappa shape index (κ3) is 6.46. The number of aromatic nitrogens is 4. The molecule has 5 rings (SSSR count). The molecule has 4 aromatic rings. The smallest absolute Gasteiger partial charge is 0.253 e. The molecule has 3 heterocycles. The Balaban J connectivity index is 1.27. The highest BCUT2D eigenvalue weighted by molar-refractivity contribution is 7.99. The number of nitrogens with one attached hydrogen (secondary N) is 1. The third-order valence-corrected chi connectivity index (χ3v) is 7.48. The second-order valence-electron chi connectivity index (χ2n) is 9.05. The molecule has 1 aliphatic rings. The Bertz CT molecular complexity index is 1330. The average Bonchev–Trinajstić information content (AvgIpc) is 3.39.